The van der Waals surface area contributed by atoms with Crippen molar-refractivity contribution in [1.29, 1.82) is 0 Å². The van der Waals surface area contributed by atoms with Crippen LogP contribution < -0.4 is 5.73 Å². The number of piperidine rings is 1. The number of hydrogen-bond donors (Lipinski definition) is 1. The number of benzene rings is 1. The number of likely N-dealkylation sites (tertiary alicyclic amines) is 1. The van der Waals surface area contributed by atoms with Gasteiger partial charge in [-0.05, 0) is 43.9 Å². The molecule has 1 aromatic carbocycles. The fourth-order valence-electron chi connectivity index (χ4n) is 3.25. The van der Waals surface area contributed by atoms with Gasteiger partial charge >= 0.3 is 0 Å². The molecule has 3 nitrogen and oxygen atoms in total. The maximum atomic E-state index is 12.9. The van der Waals surface area contributed by atoms with Crippen LogP contribution in [0.3, 0.4) is 0 Å². The Morgan fingerprint density at radius 2 is 2.20 bits per heavy atom. The standard InChI is InChI=1S/C16H22N2OS/c1-11-6-7-12(8-17)9-18(11)16(19)14-10-20-15-5-3-2-4-13(14)15/h2-5,11-12,14H,6-10,17H2,1H3. The van der Waals surface area contributed by atoms with Crippen molar-refractivity contribution >= 4 is 17.7 Å². The van der Waals surface area contributed by atoms with Crippen LogP contribution in [-0.4, -0.2) is 35.7 Å². The number of thioether (sulfide) groups is 1. The third-order valence-electron chi connectivity index (χ3n) is 4.59. The third-order valence-corrected chi connectivity index (χ3v) is 5.78. The van der Waals surface area contributed by atoms with Crippen LogP contribution in [0.15, 0.2) is 29.2 Å². The van der Waals surface area contributed by atoms with Gasteiger partial charge in [-0.3, -0.25) is 4.79 Å². The molecule has 2 aliphatic heterocycles. The average Bonchev–Trinajstić information content (AvgIpc) is 2.91. The molecule has 1 fully saturated rings. The van der Waals surface area contributed by atoms with E-state index in [0.717, 1.165) is 25.1 Å². The van der Waals surface area contributed by atoms with Crippen molar-refractivity contribution in [3.63, 3.8) is 0 Å². The van der Waals surface area contributed by atoms with Crippen molar-refractivity contribution in [1.82, 2.24) is 4.90 Å². The van der Waals surface area contributed by atoms with Gasteiger partial charge in [0.25, 0.3) is 0 Å². The molecule has 2 N–H and O–H groups in total. The fourth-order valence-corrected chi connectivity index (χ4v) is 4.47. The highest BCUT2D eigenvalue weighted by Crippen LogP contribution is 2.41. The van der Waals surface area contributed by atoms with E-state index in [2.05, 4.69) is 24.0 Å². The molecule has 4 heteroatoms. The Hall–Kier alpha value is -1.00. The van der Waals surface area contributed by atoms with E-state index in [9.17, 15) is 4.79 Å². The summed E-state index contributed by atoms with van der Waals surface area (Å²) in [6, 6.07) is 8.66. The van der Waals surface area contributed by atoms with Crippen molar-refractivity contribution in [2.75, 3.05) is 18.8 Å². The number of nitrogens with zero attached hydrogens (tertiary/aromatic N) is 1. The number of nitrogens with two attached hydrogens (primary N) is 1. The van der Waals surface area contributed by atoms with E-state index in [4.69, 9.17) is 5.73 Å². The van der Waals surface area contributed by atoms with E-state index in [1.54, 1.807) is 11.8 Å². The SMILES string of the molecule is CC1CCC(CN)CN1C(=O)C1CSc2ccccc21. The van der Waals surface area contributed by atoms with Gasteiger partial charge in [0.1, 0.15) is 0 Å². The first kappa shape index (κ1) is 14.0. The smallest absolute Gasteiger partial charge is 0.231 e. The van der Waals surface area contributed by atoms with E-state index in [0.29, 0.717) is 24.4 Å². The quantitative estimate of drug-likeness (QED) is 0.910. The zero-order chi connectivity index (χ0) is 14.1. The lowest BCUT2D eigenvalue weighted by Gasteiger charge is -2.39. The molecule has 2 heterocycles. The number of fused-ring (bicyclic) bond motifs is 1. The first-order chi connectivity index (χ1) is 9.70. The molecule has 3 unspecified atom stereocenters. The Morgan fingerprint density at radius 3 is 3.00 bits per heavy atom. The van der Waals surface area contributed by atoms with Crippen LogP contribution in [0.5, 0.6) is 0 Å². The predicted octanol–water partition coefficient (Wildman–Crippen LogP) is 2.46. The molecule has 2 aliphatic rings. The minimum atomic E-state index is 0.0372. The molecule has 108 valence electrons. The first-order valence-electron chi connectivity index (χ1n) is 7.43. The lowest BCUT2D eigenvalue weighted by Crippen LogP contribution is -2.48. The largest absolute Gasteiger partial charge is 0.339 e. The lowest BCUT2D eigenvalue weighted by atomic mass is 9.91. The maximum absolute atomic E-state index is 12.9. The molecular weight excluding hydrogens is 268 g/mol. The highest BCUT2D eigenvalue weighted by atomic mass is 32.2. The van der Waals surface area contributed by atoms with Gasteiger partial charge in [-0.2, -0.15) is 0 Å². The summed E-state index contributed by atoms with van der Waals surface area (Å²) in [6.45, 7) is 3.69. The summed E-state index contributed by atoms with van der Waals surface area (Å²) in [4.78, 5) is 16.3. The molecule has 1 aromatic rings. The second-order valence-electron chi connectivity index (χ2n) is 5.92. The summed E-state index contributed by atoms with van der Waals surface area (Å²) >= 11 is 1.80. The maximum Gasteiger partial charge on any atom is 0.231 e. The van der Waals surface area contributed by atoms with Gasteiger partial charge in [0.05, 0.1) is 5.92 Å². The minimum Gasteiger partial charge on any atom is -0.339 e. The second kappa shape index (κ2) is 5.78. The topological polar surface area (TPSA) is 46.3 Å². The highest BCUT2D eigenvalue weighted by molar-refractivity contribution is 7.99. The van der Waals surface area contributed by atoms with E-state index in [1.807, 2.05) is 12.1 Å². The molecule has 0 radical (unpaired) electrons. The summed E-state index contributed by atoms with van der Waals surface area (Å²) in [5, 5.41) is 0. The Morgan fingerprint density at radius 1 is 1.40 bits per heavy atom. The summed E-state index contributed by atoms with van der Waals surface area (Å²) in [6.07, 6.45) is 2.23. The normalized spacial score (nSPS) is 29.3. The molecular formula is C16H22N2OS. The zero-order valence-electron chi connectivity index (χ0n) is 11.9. The summed E-state index contributed by atoms with van der Waals surface area (Å²) in [5.74, 6) is 1.69. The van der Waals surface area contributed by atoms with Crippen molar-refractivity contribution in [3.8, 4) is 0 Å². The van der Waals surface area contributed by atoms with Crippen molar-refractivity contribution in [3.05, 3.63) is 29.8 Å². The molecule has 0 aliphatic carbocycles. The number of hydrogen-bond acceptors (Lipinski definition) is 3. The molecule has 20 heavy (non-hydrogen) atoms. The Labute approximate surface area is 124 Å². The first-order valence-corrected chi connectivity index (χ1v) is 8.41. The van der Waals surface area contributed by atoms with Gasteiger partial charge < -0.3 is 10.6 Å². The van der Waals surface area contributed by atoms with Gasteiger partial charge in [0.2, 0.25) is 5.91 Å². The van der Waals surface area contributed by atoms with E-state index >= 15 is 0 Å². The van der Waals surface area contributed by atoms with Crippen LogP contribution in [0.25, 0.3) is 0 Å². The Balaban J connectivity index is 1.79. The number of rotatable bonds is 2. The van der Waals surface area contributed by atoms with Crippen LogP contribution in [-0.2, 0) is 4.79 Å². The van der Waals surface area contributed by atoms with Crippen LogP contribution in [0.4, 0.5) is 0 Å². The molecule has 0 saturated carbocycles. The number of amides is 1. The van der Waals surface area contributed by atoms with Crippen molar-refractivity contribution in [2.45, 2.75) is 36.6 Å². The lowest BCUT2D eigenvalue weighted by molar-refractivity contribution is -0.136. The van der Waals surface area contributed by atoms with Gasteiger partial charge in [0.15, 0.2) is 0 Å². The fraction of sp³-hybridized carbons (Fsp3) is 0.562. The molecule has 1 saturated heterocycles. The minimum absolute atomic E-state index is 0.0372. The predicted molar refractivity (Wildman–Crippen MR) is 82.9 cm³/mol. The third kappa shape index (κ3) is 2.47. The van der Waals surface area contributed by atoms with Gasteiger partial charge in [-0.25, -0.2) is 0 Å². The molecule has 0 aromatic heterocycles. The molecule has 0 spiro atoms. The molecule has 3 rings (SSSR count). The van der Waals surface area contributed by atoms with Gasteiger partial charge in [0, 0.05) is 23.2 Å². The van der Waals surface area contributed by atoms with Crippen molar-refractivity contribution < 1.29 is 4.79 Å². The molecule has 0 bridgehead atoms. The Kier molecular flexibility index (Phi) is 4.03. The van der Waals surface area contributed by atoms with Crippen LogP contribution >= 0.6 is 11.8 Å². The number of carbonyl (C=O) groups is 1. The molecule has 3 atom stereocenters. The monoisotopic (exact) mass is 290 g/mol. The van der Waals surface area contributed by atoms with Crippen LogP contribution in [0.2, 0.25) is 0 Å². The average molecular weight is 290 g/mol. The summed E-state index contributed by atoms with van der Waals surface area (Å²) < 4.78 is 0. The number of carbonyl (C=O) groups excluding carboxylic acids is 1. The van der Waals surface area contributed by atoms with Gasteiger partial charge in [-0.15, -0.1) is 11.8 Å². The van der Waals surface area contributed by atoms with E-state index in [-0.39, 0.29) is 5.92 Å². The van der Waals surface area contributed by atoms with E-state index < -0.39 is 0 Å². The van der Waals surface area contributed by atoms with Crippen molar-refractivity contribution in [2.24, 2.45) is 11.7 Å². The molecule has 1 amide bonds. The summed E-state index contributed by atoms with van der Waals surface area (Å²) in [5.41, 5.74) is 7.01. The van der Waals surface area contributed by atoms with Crippen LogP contribution in [0.1, 0.15) is 31.2 Å². The zero-order valence-corrected chi connectivity index (χ0v) is 12.7. The highest BCUT2D eigenvalue weighted by Gasteiger charge is 2.36. The van der Waals surface area contributed by atoms with Crippen LogP contribution in [0, 0.1) is 5.92 Å². The Bertz CT molecular complexity index is 505. The van der Waals surface area contributed by atoms with E-state index in [1.165, 1.54) is 10.5 Å². The summed E-state index contributed by atoms with van der Waals surface area (Å²) in [7, 11) is 0. The van der Waals surface area contributed by atoms with Gasteiger partial charge in [-0.1, -0.05) is 18.2 Å². The second-order valence-corrected chi connectivity index (χ2v) is 6.98.